The highest BCUT2D eigenvalue weighted by atomic mass is 35.5. The summed E-state index contributed by atoms with van der Waals surface area (Å²) < 4.78 is 18.4. The first kappa shape index (κ1) is 22.4. The number of hydrogen-bond donors (Lipinski definition) is 2. The van der Waals surface area contributed by atoms with Crippen molar-refractivity contribution in [2.75, 3.05) is 18.9 Å². The number of halogens is 1. The van der Waals surface area contributed by atoms with Gasteiger partial charge in [-0.3, -0.25) is 4.21 Å². The lowest BCUT2D eigenvalue weighted by Crippen LogP contribution is -2.03. The number of thiazole rings is 1. The van der Waals surface area contributed by atoms with Crippen LogP contribution in [0.3, 0.4) is 0 Å². The van der Waals surface area contributed by atoms with Crippen LogP contribution in [-0.2, 0) is 16.6 Å². The van der Waals surface area contributed by atoms with Crippen LogP contribution in [0.25, 0.3) is 21.7 Å². The minimum absolute atomic E-state index is 0.0437. The standard InChI is InChI=1S/C23H20ClN3O3S2/c24-18-5-1-16(2-6-18)23-26-19(13-31-23)14-32(29)22-12-17(11-21(25)27-22)15-3-7-20(8-4-15)30-10-9-28/h1-8,11-13,28H,9-10,14H2,(H2,25,27). The summed E-state index contributed by atoms with van der Waals surface area (Å²) in [6, 6.07) is 18.4. The average molecular weight is 486 g/mol. The molecule has 0 radical (unpaired) electrons. The van der Waals surface area contributed by atoms with Crippen LogP contribution in [0.15, 0.2) is 71.1 Å². The highest BCUT2D eigenvalue weighted by Gasteiger charge is 2.13. The number of aliphatic hydroxyl groups excluding tert-OH is 1. The van der Waals surface area contributed by atoms with E-state index in [2.05, 4.69) is 9.97 Å². The Morgan fingerprint density at radius 2 is 1.72 bits per heavy atom. The predicted octanol–water partition coefficient (Wildman–Crippen LogP) is 4.79. The molecule has 0 amide bonds. The second-order valence-electron chi connectivity index (χ2n) is 6.86. The fraction of sp³-hybridized carbons (Fsp3) is 0.130. The van der Waals surface area contributed by atoms with Gasteiger partial charge in [-0.2, -0.15) is 0 Å². The van der Waals surface area contributed by atoms with Crippen LogP contribution in [-0.4, -0.2) is 32.5 Å². The number of anilines is 1. The lowest BCUT2D eigenvalue weighted by Gasteiger charge is -2.08. The van der Waals surface area contributed by atoms with Gasteiger partial charge in [-0.1, -0.05) is 35.9 Å². The summed E-state index contributed by atoms with van der Waals surface area (Å²) in [5.74, 6) is 1.20. The summed E-state index contributed by atoms with van der Waals surface area (Å²) >= 11 is 7.44. The number of ether oxygens (including phenoxy) is 1. The van der Waals surface area contributed by atoms with E-state index in [4.69, 9.17) is 27.2 Å². The first-order chi connectivity index (χ1) is 15.5. The van der Waals surface area contributed by atoms with Crippen LogP contribution in [0, 0.1) is 0 Å². The number of nitrogens with zero attached hydrogens (tertiary/aromatic N) is 2. The van der Waals surface area contributed by atoms with Crippen molar-refractivity contribution in [3.05, 3.63) is 76.8 Å². The van der Waals surface area contributed by atoms with Gasteiger partial charge in [0.05, 0.1) is 28.9 Å². The maximum atomic E-state index is 13.0. The third kappa shape index (κ3) is 5.52. The zero-order valence-electron chi connectivity index (χ0n) is 16.9. The molecule has 6 nitrogen and oxygen atoms in total. The summed E-state index contributed by atoms with van der Waals surface area (Å²) in [4.78, 5) is 8.88. The summed E-state index contributed by atoms with van der Waals surface area (Å²) in [6.45, 7) is 0.193. The highest BCUT2D eigenvalue weighted by Crippen LogP contribution is 2.28. The van der Waals surface area contributed by atoms with E-state index >= 15 is 0 Å². The van der Waals surface area contributed by atoms with Crippen molar-refractivity contribution in [2.45, 2.75) is 10.8 Å². The number of nitrogen functional groups attached to an aromatic ring is 1. The Kier molecular flexibility index (Phi) is 7.16. The Morgan fingerprint density at radius 1 is 1.00 bits per heavy atom. The first-order valence-electron chi connectivity index (χ1n) is 9.72. The number of pyridine rings is 1. The number of hydrogen-bond acceptors (Lipinski definition) is 7. The smallest absolute Gasteiger partial charge is 0.130 e. The SMILES string of the molecule is Nc1cc(-c2ccc(OCCO)cc2)cc(S(=O)Cc2csc(-c3ccc(Cl)cc3)n2)n1. The molecule has 2 heterocycles. The first-order valence-corrected chi connectivity index (χ1v) is 12.3. The van der Waals surface area contributed by atoms with Gasteiger partial charge in [-0.05, 0) is 47.5 Å². The van der Waals surface area contributed by atoms with E-state index in [1.165, 1.54) is 11.3 Å². The van der Waals surface area contributed by atoms with Crippen LogP contribution in [0.5, 0.6) is 5.75 Å². The molecule has 3 N–H and O–H groups in total. The summed E-state index contributed by atoms with van der Waals surface area (Å²) in [7, 11) is -1.40. The quantitative estimate of drug-likeness (QED) is 0.372. The number of aromatic nitrogens is 2. The normalized spacial score (nSPS) is 11.9. The largest absolute Gasteiger partial charge is 0.491 e. The molecule has 0 aliphatic heterocycles. The second kappa shape index (κ2) is 10.2. The maximum absolute atomic E-state index is 13.0. The molecule has 1 unspecified atom stereocenters. The third-order valence-corrected chi connectivity index (χ3v) is 6.95. The molecule has 32 heavy (non-hydrogen) atoms. The average Bonchev–Trinajstić information content (AvgIpc) is 3.26. The molecular weight excluding hydrogens is 466 g/mol. The number of benzene rings is 2. The summed E-state index contributed by atoms with van der Waals surface area (Å²) in [6.07, 6.45) is 0. The van der Waals surface area contributed by atoms with E-state index < -0.39 is 10.8 Å². The van der Waals surface area contributed by atoms with Crippen molar-refractivity contribution in [2.24, 2.45) is 0 Å². The van der Waals surface area contributed by atoms with Gasteiger partial charge in [0.25, 0.3) is 0 Å². The Hall–Kier alpha value is -2.78. The molecule has 1 atom stereocenters. The Bertz CT molecular complexity index is 1230. The van der Waals surface area contributed by atoms with Gasteiger partial charge in [-0.15, -0.1) is 11.3 Å². The van der Waals surface area contributed by atoms with E-state index in [1.54, 1.807) is 12.1 Å². The Morgan fingerprint density at radius 3 is 2.44 bits per heavy atom. The zero-order valence-corrected chi connectivity index (χ0v) is 19.3. The number of nitrogens with two attached hydrogens (primary N) is 1. The molecule has 0 aliphatic rings. The molecule has 0 aliphatic carbocycles. The molecule has 2 aromatic heterocycles. The topological polar surface area (TPSA) is 98.3 Å². The van der Waals surface area contributed by atoms with Crippen LogP contribution in [0.4, 0.5) is 5.82 Å². The lowest BCUT2D eigenvalue weighted by molar-refractivity contribution is 0.201. The van der Waals surface area contributed by atoms with Gasteiger partial charge in [-0.25, -0.2) is 9.97 Å². The predicted molar refractivity (Wildman–Crippen MR) is 129 cm³/mol. The van der Waals surface area contributed by atoms with Crippen molar-refractivity contribution >= 4 is 39.6 Å². The van der Waals surface area contributed by atoms with Gasteiger partial charge < -0.3 is 15.6 Å². The Balaban J connectivity index is 1.51. The summed E-state index contributed by atoms with van der Waals surface area (Å²) in [5.41, 5.74) is 9.40. The highest BCUT2D eigenvalue weighted by molar-refractivity contribution is 7.84. The molecule has 0 saturated heterocycles. The molecule has 0 fully saturated rings. The Labute approximate surface area is 197 Å². The van der Waals surface area contributed by atoms with E-state index in [9.17, 15) is 4.21 Å². The van der Waals surface area contributed by atoms with Crippen molar-refractivity contribution < 1.29 is 14.1 Å². The van der Waals surface area contributed by atoms with Crippen molar-refractivity contribution in [1.82, 2.24) is 9.97 Å². The van der Waals surface area contributed by atoms with Crippen LogP contribution >= 0.6 is 22.9 Å². The summed E-state index contributed by atoms with van der Waals surface area (Å²) in [5, 5.41) is 12.7. The van der Waals surface area contributed by atoms with E-state index in [1.807, 2.05) is 53.9 Å². The molecule has 4 aromatic rings. The minimum Gasteiger partial charge on any atom is -0.491 e. The van der Waals surface area contributed by atoms with Gasteiger partial charge >= 0.3 is 0 Å². The molecule has 0 bridgehead atoms. The molecule has 164 valence electrons. The molecule has 0 saturated carbocycles. The molecule has 0 spiro atoms. The molecule has 2 aromatic carbocycles. The van der Waals surface area contributed by atoms with Gasteiger partial charge in [0.15, 0.2) is 0 Å². The fourth-order valence-electron chi connectivity index (χ4n) is 3.02. The third-order valence-electron chi connectivity index (χ3n) is 4.52. The molecule has 4 rings (SSSR count). The maximum Gasteiger partial charge on any atom is 0.130 e. The van der Waals surface area contributed by atoms with Crippen molar-refractivity contribution in [3.63, 3.8) is 0 Å². The van der Waals surface area contributed by atoms with Gasteiger partial charge in [0, 0.05) is 16.0 Å². The monoisotopic (exact) mass is 485 g/mol. The minimum atomic E-state index is -1.40. The second-order valence-corrected chi connectivity index (χ2v) is 9.55. The van der Waals surface area contributed by atoms with Crippen LogP contribution in [0.2, 0.25) is 5.02 Å². The lowest BCUT2D eigenvalue weighted by atomic mass is 10.1. The zero-order chi connectivity index (χ0) is 22.5. The fourth-order valence-corrected chi connectivity index (χ4v) is 5.11. The van der Waals surface area contributed by atoms with Crippen molar-refractivity contribution in [1.29, 1.82) is 0 Å². The van der Waals surface area contributed by atoms with Crippen LogP contribution < -0.4 is 10.5 Å². The van der Waals surface area contributed by atoms with Crippen molar-refractivity contribution in [3.8, 4) is 27.4 Å². The number of aliphatic hydroxyl groups is 1. The molecule has 9 heteroatoms. The van der Waals surface area contributed by atoms with Gasteiger partial charge in [0.2, 0.25) is 0 Å². The van der Waals surface area contributed by atoms with E-state index in [-0.39, 0.29) is 19.0 Å². The number of rotatable bonds is 8. The van der Waals surface area contributed by atoms with E-state index in [0.29, 0.717) is 21.6 Å². The van der Waals surface area contributed by atoms with Crippen LogP contribution in [0.1, 0.15) is 5.69 Å². The van der Waals surface area contributed by atoms with Gasteiger partial charge in [0.1, 0.15) is 28.2 Å². The molecular formula is C23H20ClN3O3S2. The van der Waals surface area contributed by atoms with E-state index in [0.717, 1.165) is 27.4 Å².